The Morgan fingerprint density at radius 3 is 2.50 bits per heavy atom. The predicted molar refractivity (Wildman–Crippen MR) is 68.0 cm³/mol. The number of hydrogen-bond donors (Lipinski definition) is 2. The quantitative estimate of drug-likeness (QED) is 0.649. The van der Waals surface area contributed by atoms with Gasteiger partial charge in [0, 0.05) is 17.3 Å². The van der Waals surface area contributed by atoms with E-state index in [9.17, 15) is 12.8 Å². The van der Waals surface area contributed by atoms with Crippen LogP contribution in [0.2, 0.25) is 0 Å². The molecule has 0 aromatic heterocycles. The van der Waals surface area contributed by atoms with Gasteiger partial charge in [-0.3, -0.25) is 0 Å². The van der Waals surface area contributed by atoms with Gasteiger partial charge in [0.1, 0.15) is 5.82 Å². The Bertz CT molecular complexity index is 565. The molecule has 0 unspecified atom stereocenters. The van der Waals surface area contributed by atoms with E-state index in [1.807, 2.05) is 12.2 Å². The van der Waals surface area contributed by atoms with Crippen molar-refractivity contribution in [3.63, 3.8) is 0 Å². The second-order valence-corrected chi connectivity index (χ2v) is 6.09. The van der Waals surface area contributed by atoms with Gasteiger partial charge in [0.05, 0.1) is 4.90 Å². The second kappa shape index (κ2) is 4.70. The van der Waals surface area contributed by atoms with E-state index in [1.54, 1.807) is 0 Å². The zero-order valence-electron chi connectivity index (χ0n) is 9.98. The minimum Gasteiger partial charge on any atom is -0.398 e. The molecule has 1 aliphatic rings. The number of rotatable bonds is 3. The molecule has 0 aliphatic heterocycles. The molecule has 18 heavy (non-hydrogen) atoms. The largest absolute Gasteiger partial charge is 0.398 e. The van der Waals surface area contributed by atoms with Crippen LogP contribution in [0.25, 0.3) is 0 Å². The van der Waals surface area contributed by atoms with Crippen LogP contribution in [0.1, 0.15) is 18.4 Å². The summed E-state index contributed by atoms with van der Waals surface area (Å²) in [6, 6.07) is 2.13. The van der Waals surface area contributed by atoms with Crippen molar-refractivity contribution in [2.24, 2.45) is 0 Å². The lowest BCUT2D eigenvalue weighted by molar-refractivity contribution is 0.555. The Hall–Kier alpha value is -1.40. The molecule has 98 valence electrons. The number of anilines is 1. The molecule has 0 spiro atoms. The number of nitrogen functional groups attached to an aromatic ring is 1. The third-order valence-corrected chi connectivity index (χ3v) is 4.50. The van der Waals surface area contributed by atoms with Gasteiger partial charge in [-0.2, -0.15) is 0 Å². The van der Waals surface area contributed by atoms with E-state index < -0.39 is 15.8 Å². The monoisotopic (exact) mass is 270 g/mol. The third-order valence-electron chi connectivity index (χ3n) is 3.00. The van der Waals surface area contributed by atoms with E-state index in [-0.39, 0.29) is 22.2 Å². The first kappa shape index (κ1) is 13.0. The van der Waals surface area contributed by atoms with Gasteiger partial charge in [-0.05, 0) is 31.9 Å². The summed E-state index contributed by atoms with van der Waals surface area (Å²) >= 11 is 0. The maximum absolute atomic E-state index is 13.5. The van der Waals surface area contributed by atoms with Crippen molar-refractivity contribution in [2.75, 3.05) is 5.73 Å². The zero-order chi connectivity index (χ0) is 13.3. The molecule has 0 atom stereocenters. The van der Waals surface area contributed by atoms with Gasteiger partial charge in [0.25, 0.3) is 0 Å². The van der Waals surface area contributed by atoms with Gasteiger partial charge in [0.2, 0.25) is 10.0 Å². The van der Waals surface area contributed by atoms with Gasteiger partial charge in [0.15, 0.2) is 0 Å². The summed E-state index contributed by atoms with van der Waals surface area (Å²) in [7, 11) is -3.72. The highest BCUT2D eigenvalue weighted by molar-refractivity contribution is 7.89. The van der Waals surface area contributed by atoms with Crippen LogP contribution in [0.4, 0.5) is 10.1 Å². The van der Waals surface area contributed by atoms with E-state index >= 15 is 0 Å². The Morgan fingerprint density at radius 2 is 1.94 bits per heavy atom. The molecule has 1 aliphatic carbocycles. The van der Waals surface area contributed by atoms with E-state index in [0.717, 1.165) is 6.07 Å². The normalized spacial score (nSPS) is 16.3. The first-order valence-corrected chi connectivity index (χ1v) is 7.11. The van der Waals surface area contributed by atoms with E-state index in [1.165, 1.54) is 13.0 Å². The molecule has 6 heteroatoms. The summed E-state index contributed by atoms with van der Waals surface area (Å²) in [5.41, 5.74) is 5.98. The van der Waals surface area contributed by atoms with Crippen molar-refractivity contribution in [1.29, 1.82) is 0 Å². The molecule has 0 bridgehead atoms. The highest BCUT2D eigenvalue weighted by Crippen LogP contribution is 2.22. The smallest absolute Gasteiger partial charge is 0.241 e. The Labute approximate surface area is 106 Å². The van der Waals surface area contributed by atoms with Crippen LogP contribution in [-0.2, 0) is 10.0 Å². The summed E-state index contributed by atoms with van der Waals surface area (Å²) in [5, 5.41) is 0. The number of sulfonamides is 1. The average Bonchev–Trinajstić information content (AvgIpc) is 2.77. The van der Waals surface area contributed by atoms with Crippen LogP contribution in [0.5, 0.6) is 0 Å². The van der Waals surface area contributed by atoms with Gasteiger partial charge >= 0.3 is 0 Å². The van der Waals surface area contributed by atoms with Crippen LogP contribution in [0, 0.1) is 12.7 Å². The summed E-state index contributed by atoms with van der Waals surface area (Å²) < 4.78 is 40.1. The lowest BCUT2D eigenvalue weighted by Crippen LogP contribution is -2.33. The molecular weight excluding hydrogens is 255 g/mol. The lowest BCUT2D eigenvalue weighted by Gasteiger charge is -2.13. The van der Waals surface area contributed by atoms with Crippen molar-refractivity contribution in [2.45, 2.75) is 30.7 Å². The summed E-state index contributed by atoms with van der Waals surface area (Å²) in [5.74, 6) is -0.611. The van der Waals surface area contributed by atoms with E-state index in [0.29, 0.717) is 12.8 Å². The zero-order valence-corrected chi connectivity index (χ0v) is 10.8. The maximum Gasteiger partial charge on any atom is 0.241 e. The minimum atomic E-state index is -3.72. The summed E-state index contributed by atoms with van der Waals surface area (Å²) in [4.78, 5) is -0.130. The van der Waals surface area contributed by atoms with Crippen molar-refractivity contribution in [3.8, 4) is 0 Å². The number of benzene rings is 1. The molecule has 4 nitrogen and oxygen atoms in total. The topological polar surface area (TPSA) is 72.2 Å². The SMILES string of the molecule is Cc1c(N)cc(S(=O)(=O)NC2CC=CC2)cc1F. The van der Waals surface area contributed by atoms with Crippen LogP contribution < -0.4 is 10.5 Å². The van der Waals surface area contributed by atoms with Crippen LogP contribution in [0.3, 0.4) is 0 Å². The molecule has 3 N–H and O–H groups in total. The van der Waals surface area contributed by atoms with Crippen molar-refractivity contribution < 1.29 is 12.8 Å². The Balaban J connectivity index is 2.29. The van der Waals surface area contributed by atoms with Crippen LogP contribution in [-0.4, -0.2) is 14.5 Å². The van der Waals surface area contributed by atoms with Gasteiger partial charge < -0.3 is 5.73 Å². The summed E-state index contributed by atoms with van der Waals surface area (Å²) in [6.45, 7) is 1.51. The molecular formula is C12H15FN2O2S. The lowest BCUT2D eigenvalue weighted by atomic mass is 10.2. The van der Waals surface area contributed by atoms with Gasteiger partial charge in [-0.25, -0.2) is 17.5 Å². The number of nitrogens with one attached hydrogen (secondary N) is 1. The molecule has 1 aromatic rings. The number of nitrogens with two attached hydrogens (primary N) is 1. The molecule has 0 saturated carbocycles. The third kappa shape index (κ3) is 2.54. The minimum absolute atomic E-state index is 0.130. The molecule has 0 saturated heterocycles. The van der Waals surface area contributed by atoms with Crippen molar-refractivity contribution in [1.82, 2.24) is 4.72 Å². The number of halogens is 1. The fourth-order valence-electron chi connectivity index (χ4n) is 1.83. The first-order valence-electron chi connectivity index (χ1n) is 5.63. The summed E-state index contributed by atoms with van der Waals surface area (Å²) in [6.07, 6.45) is 5.14. The second-order valence-electron chi connectivity index (χ2n) is 4.38. The standard InChI is InChI=1S/C12H15FN2O2S/c1-8-11(13)6-10(7-12(8)14)18(16,17)15-9-4-2-3-5-9/h2-3,6-7,9,15H,4-5,14H2,1H3. The fraction of sp³-hybridized carbons (Fsp3) is 0.333. The maximum atomic E-state index is 13.5. The molecule has 0 fully saturated rings. The van der Waals surface area contributed by atoms with E-state index in [4.69, 9.17) is 5.73 Å². The first-order chi connectivity index (χ1) is 8.40. The predicted octanol–water partition coefficient (Wildman–Crippen LogP) is 1.71. The van der Waals surface area contributed by atoms with Crippen molar-refractivity contribution in [3.05, 3.63) is 35.7 Å². The fourth-order valence-corrected chi connectivity index (χ4v) is 3.14. The van der Waals surface area contributed by atoms with Crippen molar-refractivity contribution >= 4 is 15.7 Å². The highest BCUT2D eigenvalue weighted by Gasteiger charge is 2.22. The van der Waals surface area contributed by atoms with Crippen LogP contribution in [0.15, 0.2) is 29.2 Å². The highest BCUT2D eigenvalue weighted by atomic mass is 32.2. The Morgan fingerprint density at radius 1 is 1.33 bits per heavy atom. The number of hydrogen-bond acceptors (Lipinski definition) is 3. The Kier molecular flexibility index (Phi) is 3.41. The van der Waals surface area contributed by atoms with Gasteiger partial charge in [-0.15, -0.1) is 0 Å². The van der Waals surface area contributed by atoms with Gasteiger partial charge in [-0.1, -0.05) is 12.2 Å². The molecule has 1 aromatic carbocycles. The molecule has 0 amide bonds. The molecule has 0 heterocycles. The molecule has 0 radical (unpaired) electrons. The van der Waals surface area contributed by atoms with E-state index in [2.05, 4.69) is 4.72 Å². The van der Waals surface area contributed by atoms with Crippen LogP contribution >= 0.6 is 0 Å². The average molecular weight is 270 g/mol. The molecule has 2 rings (SSSR count).